The summed E-state index contributed by atoms with van der Waals surface area (Å²) in [5, 5.41) is 4.36. The molecule has 0 saturated carbocycles. The molecule has 0 aliphatic rings. The van der Waals surface area contributed by atoms with E-state index in [4.69, 9.17) is 11.6 Å². The molecule has 0 radical (unpaired) electrons. The Labute approximate surface area is 90.6 Å². The van der Waals surface area contributed by atoms with Crippen molar-refractivity contribution in [3.05, 3.63) is 22.5 Å². The van der Waals surface area contributed by atoms with Gasteiger partial charge in [0.15, 0.2) is 0 Å². The van der Waals surface area contributed by atoms with Crippen molar-refractivity contribution in [2.45, 2.75) is 27.2 Å². The van der Waals surface area contributed by atoms with E-state index in [9.17, 15) is 0 Å². The molecule has 1 aromatic rings. The van der Waals surface area contributed by atoms with Gasteiger partial charge in [0.05, 0.1) is 5.69 Å². The Morgan fingerprint density at radius 1 is 1.50 bits per heavy atom. The van der Waals surface area contributed by atoms with Crippen molar-refractivity contribution in [3.63, 3.8) is 0 Å². The second kappa shape index (κ2) is 4.65. The average molecular weight is 213 g/mol. The molecule has 1 heterocycles. The van der Waals surface area contributed by atoms with Crippen LogP contribution in [0.2, 0.25) is 0 Å². The van der Waals surface area contributed by atoms with Crippen LogP contribution in [-0.4, -0.2) is 15.7 Å². The van der Waals surface area contributed by atoms with Gasteiger partial charge in [0.2, 0.25) is 0 Å². The van der Waals surface area contributed by atoms with Crippen LogP contribution in [0.25, 0.3) is 6.08 Å². The summed E-state index contributed by atoms with van der Waals surface area (Å²) in [5.74, 6) is 0.601. The minimum atomic E-state index is 0.601. The zero-order chi connectivity index (χ0) is 10.7. The number of hydrogen-bond donors (Lipinski definition) is 0. The molecule has 0 spiro atoms. The van der Waals surface area contributed by atoms with Crippen molar-refractivity contribution in [2.75, 3.05) is 5.88 Å². The van der Waals surface area contributed by atoms with Gasteiger partial charge in [-0.1, -0.05) is 18.6 Å². The zero-order valence-corrected chi connectivity index (χ0v) is 10.0. The van der Waals surface area contributed by atoms with Crippen LogP contribution in [0.15, 0.2) is 5.57 Å². The second-order valence-corrected chi connectivity index (χ2v) is 3.77. The van der Waals surface area contributed by atoms with Crippen molar-refractivity contribution in [1.82, 2.24) is 9.78 Å². The summed E-state index contributed by atoms with van der Waals surface area (Å²) in [4.78, 5) is 0. The van der Waals surface area contributed by atoms with Gasteiger partial charge in [-0.05, 0) is 20.3 Å². The SMILES string of the molecule is CC/C(=C\c1c(C)nn(C)c1C)CCl. The minimum Gasteiger partial charge on any atom is -0.272 e. The third-order valence-corrected chi connectivity index (χ3v) is 2.88. The Morgan fingerprint density at radius 2 is 2.14 bits per heavy atom. The van der Waals surface area contributed by atoms with Crippen LogP contribution in [0.5, 0.6) is 0 Å². The van der Waals surface area contributed by atoms with Crippen LogP contribution >= 0.6 is 11.6 Å². The molecule has 0 aliphatic heterocycles. The molecule has 1 aromatic heterocycles. The van der Waals surface area contributed by atoms with Crippen molar-refractivity contribution >= 4 is 17.7 Å². The molecule has 0 N–H and O–H groups in total. The van der Waals surface area contributed by atoms with Crippen LogP contribution in [0.4, 0.5) is 0 Å². The van der Waals surface area contributed by atoms with Crippen LogP contribution in [0, 0.1) is 13.8 Å². The van der Waals surface area contributed by atoms with Gasteiger partial charge in [-0.25, -0.2) is 0 Å². The van der Waals surface area contributed by atoms with Gasteiger partial charge in [-0.2, -0.15) is 5.10 Å². The van der Waals surface area contributed by atoms with Crippen molar-refractivity contribution in [1.29, 1.82) is 0 Å². The minimum absolute atomic E-state index is 0.601. The molecule has 0 aromatic carbocycles. The normalized spacial score (nSPS) is 12.2. The highest BCUT2D eigenvalue weighted by molar-refractivity contribution is 6.19. The van der Waals surface area contributed by atoms with Crippen LogP contribution in [0.1, 0.15) is 30.3 Å². The first-order valence-electron chi connectivity index (χ1n) is 4.85. The lowest BCUT2D eigenvalue weighted by atomic mass is 10.1. The summed E-state index contributed by atoms with van der Waals surface area (Å²) >= 11 is 5.83. The van der Waals surface area contributed by atoms with Gasteiger partial charge in [-0.15, -0.1) is 11.6 Å². The van der Waals surface area contributed by atoms with Crippen molar-refractivity contribution in [2.24, 2.45) is 7.05 Å². The molecule has 78 valence electrons. The number of alkyl halides is 1. The summed E-state index contributed by atoms with van der Waals surface area (Å²) in [6, 6.07) is 0. The summed E-state index contributed by atoms with van der Waals surface area (Å²) in [5.41, 5.74) is 4.73. The molecular weight excluding hydrogens is 196 g/mol. The standard InChI is InChI=1S/C11H17ClN2/c1-5-10(7-12)6-11-8(2)13-14(4)9(11)3/h6H,5,7H2,1-4H3/b10-6+. The van der Waals surface area contributed by atoms with E-state index in [1.165, 1.54) is 16.8 Å². The molecule has 2 nitrogen and oxygen atoms in total. The quantitative estimate of drug-likeness (QED) is 0.705. The highest BCUT2D eigenvalue weighted by atomic mass is 35.5. The van der Waals surface area contributed by atoms with Crippen LogP contribution < -0.4 is 0 Å². The molecule has 0 atom stereocenters. The van der Waals surface area contributed by atoms with Gasteiger partial charge >= 0.3 is 0 Å². The second-order valence-electron chi connectivity index (χ2n) is 3.50. The molecule has 14 heavy (non-hydrogen) atoms. The topological polar surface area (TPSA) is 17.8 Å². The Balaban J connectivity index is 3.12. The lowest BCUT2D eigenvalue weighted by Gasteiger charge is -2.00. The van der Waals surface area contributed by atoms with Crippen LogP contribution in [-0.2, 0) is 7.05 Å². The summed E-state index contributed by atoms with van der Waals surface area (Å²) in [6.45, 7) is 6.23. The molecule has 0 aliphatic carbocycles. The van der Waals surface area contributed by atoms with Gasteiger partial charge in [0, 0.05) is 24.2 Å². The third-order valence-electron chi connectivity index (χ3n) is 2.54. The number of halogens is 1. The van der Waals surface area contributed by atoms with Gasteiger partial charge in [0.1, 0.15) is 0 Å². The van der Waals surface area contributed by atoms with E-state index in [2.05, 4.69) is 25.0 Å². The highest BCUT2D eigenvalue weighted by Crippen LogP contribution is 2.17. The summed E-state index contributed by atoms with van der Waals surface area (Å²) in [7, 11) is 1.96. The first-order valence-corrected chi connectivity index (χ1v) is 5.39. The zero-order valence-electron chi connectivity index (χ0n) is 9.26. The van der Waals surface area contributed by atoms with E-state index in [0.29, 0.717) is 5.88 Å². The van der Waals surface area contributed by atoms with Gasteiger partial charge in [0.25, 0.3) is 0 Å². The van der Waals surface area contributed by atoms with E-state index in [0.717, 1.165) is 12.1 Å². The number of rotatable bonds is 3. The number of allylic oxidation sites excluding steroid dienone is 1. The lowest BCUT2D eigenvalue weighted by molar-refractivity contribution is 0.731. The number of aryl methyl sites for hydroxylation is 2. The van der Waals surface area contributed by atoms with Crippen molar-refractivity contribution in [3.8, 4) is 0 Å². The Bertz CT molecular complexity index is 344. The fourth-order valence-corrected chi connectivity index (χ4v) is 1.70. The fraction of sp³-hybridized carbons (Fsp3) is 0.545. The fourth-order valence-electron chi connectivity index (χ4n) is 1.44. The van der Waals surface area contributed by atoms with E-state index < -0.39 is 0 Å². The number of nitrogens with zero attached hydrogens (tertiary/aromatic N) is 2. The summed E-state index contributed by atoms with van der Waals surface area (Å²) in [6.07, 6.45) is 3.15. The molecule has 0 fully saturated rings. The van der Waals surface area contributed by atoms with Gasteiger partial charge < -0.3 is 0 Å². The van der Waals surface area contributed by atoms with Crippen molar-refractivity contribution < 1.29 is 0 Å². The number of aromatic nitrogens is 2. The van der Waals surface area contributed by atoms with E-state index in [-0.39, 0.29) is 0 Å². The molecule has 3 heteroatoms. The lowest BCUT2D eigenvalue weighted by Crippen LogP contribution is -1.92. The molecule has 0 amide bonds. The van der Waals surface area contributed by atoms with Gasteiger partial charge in [-0.3, -0.25) is 4.68 Å². The monoisotopic (exact) mass is 212 g/mol. The maximum absolute atomic E-state index is 5.83. The third kappa shape index (κ3) is 2.18. The number of hydrogen-bond acceptors (Lipinski definition) is 1. The molecule has 0 unspecified atom stereocenters. The Hall–Kier alpha value is -0.760. The molecular formula is C11H17ClN2. The van der Waals surface area contributed by atoms with E-state index in [1.54, 1.807) is 0 Å². The Kier molecular flexibility index (Phi) is 3.76. The molecule has 0 saturated heterocycles. The van der Waals surface area contributed by atoms with Crippen LogP contribution in [0.3, 0.4) is 0 Å². The maximum atomic E-state index is 5.83. The Morgan fingerprint density at radius 3 is 2.50 bits per heavy atom. The molecule has 0 bridgehead atoms. The first-order chi connectivity index (χ1) is 6.60. The smallest absolute Gasteiger partial charge is 0.0668 e. The van der Waals surface area contributed by atoms with E-state index >= 15 is 0 Å². The largest absolute Gasteiger partial charge is 0.272 e. The predicted octanol–water partition coefficient (Wildman–Crippen LogP) is 3.07. The molecule has 1 rings (SSSR count). The first kappa shape index (κ1) is 11.3. The highest BCUT2D eigenvalue weighted by Gasteiger charge is 2.06. The van der Waals surface area contributed by atoms with E-state index in [1.807, 2.05) is 18.7 Å². The maximum Gasteiger partial charge on any atom is 0.0668 e. The average Bonchev–Trinajstić information content (AvgIpc) is 2.40. The summed E-state index contributed by atoms with van der Waals surface area (Å²) < 4.78 is 1.91. The predicted molar refractivity (Wildman–Crippen MR) is 61.7 cm³/mol.